The number of fused-ring (bicyclic) bond motifs is 1. The summed E-state index contributed by atoms with van der Waals surface area (Å²) in [7, 11) is 0. The molecule has 2 atom stereocenters. The first-order valence-corrected chi connectivity index (χ1v) is 11.4. The molecule has 0 radical (unpaired) electrons. The molecule has 1 aliphatic heterocycles. The van der Waals surface area contributed by atoms with Crippen LogP contribution < -0.4 is 11.1 Å². The van der Waals surface area contributed by atoms with Gasteiger partial charge in [0, 0.05) is 24.1 Å². The molecule has 0 spiro atoms. The fraction of sp³-hybridized carbons (Fsp3) is 0.417. The summed E-state index contributed by atoms with van der Waals surface area (Å²) in [6.07, 6.45) is -4.81. The van der Waals surface area contributed by atoms with Crippen LogP contribution in [0.3, 0.4) is 0 Å². The van der Waals surface area contributed by atoms with Gasteiger partial charge in [-0.2, -0.15) is 18.3 Å². The average molecular weight is 507 g/mol. The number of anilines is 1. The number of rotatable bonds is 5. The number of halogens is 4. The molecule has 0 aliphatic carbocycles. The summed E-state index contributed by atoms with van der Waals surface area (Å²) in [5, 5.41) is 6.56. The zero-order valence-electron chi connectivity index (χ0n) is 19.9. The Morgan fingerprint density at radius 1 is 1.22 bits per heavy atom. The second-order valence-electron chi connectivity index (χ2n) is 9.37. The van der Waals surface area contributed by atoms with Gasteiger partial charge in [0.15, 0.2) is 5.82 Å². The Morgan fingerprint density at radius 3 is 2.61 bits per heavy atom. The minimum Gasteiger partial charge on any atom is -0.382 e. The van der Waals surface area contributed by atoms with Crippen LogP contribution in [-0.4, -0.2) is 56.6 Å². The number of nitrogen functional groups attached to an aromatic ring is 1. The number of likely N-dealkylation sites (tertiary alicyclic amines) is 1. The number of hydrogen-bond donors (Lipinski definition) is 2. The van der Waals surface area contributed by atoms with Crippen molar-refractivity contribution < 1.29 is 27.2 Å². The number of hydrogen-bond acceptors (Lipinski definition) is 5. The van der Waals surface area contributed by atoms with Gasteiger partial charge in [-0.3, -0.25) is 9.59 Å². The Kier molecular flexibility index (Phi) is 6.63. The monoisotopic (exact) mass is 506 g/mol. The molecule has 1 saturated heterocycles. The van der Waals surface area contributed by atoms with Crippen molar-refractivity contribution in [3.8, 4) is 11.3 Å². The van der Waals surface area contributed by atoms with Crippen LogP contribution in [0.1, 0.15) is 41.8 Å². The van der Waals surface area contributed by atoms with Gasteiger partial charge in [0.05, 0.1) is 23.8 Å². The lowest BCUT2D eigenvalue weighted by Crippen LogP contribution is -2.42. The number of alkyl halides is 4. The molecule has 3 heterocycles. The Morgan fingerprint density at radius 2 is 1.94 bits per heavy atom. The van der Waals surface area contributed by atoms with Gasteiger partial charge in [-0.15, -0.1) is 0 Å². The lowest BCUT2D eigenvalue weighted by Gasteiger charge is -2.18. The molecule has 1 aromatic carbocycles. The molecular weight excluding hydrogens is 480 g/mol. The van der Waals surface area contributed by atoms with Gasteiger partial charge < -0.3 is 16.0 Å². The summed E-state index contributed by atoms with van der Waals surface area (Å²) in [4.78, 5) is 30.4. The van der Waals surface area contributed by atoms with E-state index in [4.69, 9.17) is 5.73 Å². The lowest BCUT2D eigenvalue weighted by molar-refractivity contribution is -0.136. The van der Waals surface area contributed by atoms with Crippen molar-refractivity contribution in [1.29, 1.82) is 0 Å². The Bertz CT molecular complexity index is 1320. The number of aryl methyl sites for hydroxylation is 1. The minimum absolute atomic E-state index is 0.0473. The summed E-state index contributed by atoms with van der Waals surface area (Å²) >= 11 is 0. The van der Waals surface area contributed by atoms with Gasteiger partial charge in [0.2, 0.25) is 5.91 Å². The molecule has 0 unspecified atom stereocenters. The third-order valence-electron chi connectivity index (χ3n) is 6.17. The third kappa shape index (κ3) is 4.84. The maximum Gasteiger partial charge on any atom is 0.418 e. The van der Waals surface area contributed by atoms with Crippen molar-refractivity contribution >= 4 is 23.1 Å². The van der Waals surface area contributed by atoms with Crippen molar-refractivity contribution in [3.05, 3.63) is 47.3 Å². The van der Waals surface area contributed by atoms with Gasteiger partial charge in [-0.05, 0) is 30.5 Å². The van der Waals surface area contributed by atoms with Crippen LogP contribution in [0.5, 0.6) is 0 Å². The molecule has 3 N–H and O–H groups in total. The summed E-state index contributed by atoms with van der Waals surface area (Å²) in [5.41, 5.74) is 5.38. The fourth-order valence-electron chi connectivity index (χ4n) is 4.34. The van der Waals surface area contributed by atoms with E-state index in [0.29, 0.717) is 5.56 Å². The van der Waals surface area contributed by atoms with Gasteiger partial charge in [0.1, 0.15) is 18.0 Å². The Hall–Kier alpha value is -3.70. The molecule has 8 nitrogen and oxygen atoms in total. The highest BCUT2D eigenvalue weighted by Gasteiger charge is 2.38. The number of nitrogens with one attached hydrogen (secondary N) is 1. The number of nitrogens with zero attached hydrogens (tertiary/aromatic N) is 4. The van der Waals surface area contributed by atoms with E-state index in [9.17, 15) is 27.2 Å². The first kappa shape index (κ1) is 25.4. The van der Waals surface area contributed by atoms with Crippen LogP contribution in [-0.2, 0) is 11.0 Å². The molecule has 4 rings (SSSR count). The number of carbonyl (C=O) groups excluding carboxylic acids is 2. The van der Waals surface area contributed by atoms with E-state index in [0.717, 1.165) is 16.9 Å². The van der Waals surface area contributed by atoms with Crippen molar-refractivity contribution in [2.75, 3.05) is 18.8 Å². The van der Waals surface area contributed by atoms with Crippen molar-refractivity contribution in [2.24, 2.45) is 5.92 Å². The van der Waals surface area contributed by atoms with Crippen molar-refractivity contribution in [1.82, 2.24) is 24.8 Å². The van der Waals surface area contributed by atoms with Crippen LogP contribution in [0, 0.1) is 12.8 Å². The number of aromatic nitrogens is 3. The largest absolute Gasteiger partial charge is 0.418 e. The van der Waals surface area contributed by atoms with Gasteiger partial charge >= 0.3 is 6.18 Å². The number of carbonyl (C=O) groups is 2. The first-order valence-electron chi connectivity index (χ1n) is 11.4. The van der Waals surface area contributed by atoms with Crippen LogP contribution in [0.25, 0.3) is 16.8 Å². The molecule has 2 amide bonds. The number of nitrogens with two attached hydrogens (primary N) is 1. The van der Waals surface area contributed by atoms with Crippen LogP contribution in [0.4, 0.5) is 23.4 Å². The molecule has 1 fully saturated rings. The summed E-state index contributed by atoms with van der Waals surface area (Å²) in [6, 6.07) is 4.58. The average Bonchev–Trinajstić information content (AvgIpc) is 3.35. The van der Waals surface area contributed by atoms with E-state index in [1.165, 1.54) is 11.0 Å². The Labute approximate surface area is 204 Å². The third-order valence-corrected chi connectivity index (χ3v) is 6.17. The summed E-state index contributed by atoms with van der Waals surface area (Å²) < 4.78 is 56.7. The van der Waals surface area contributed by atoms with Crippen LogP contribution in [0.2, 0.25) is 0 Å². The van der Waals surface area contributed by atoms with E-state index in [2.05, 4.69) is 15.4 Å². The van der Waals surface area contributed by atoms with E-state index < -0.39 is 29.9 Å². The topological polar surface area (TPSA) is 106 Å². The second kappa shape index (κ2) is 9.40. The number of benzene rings is 1. The number of amides is 2. The highest BCUT2D eigenvalue weighted by atomic mass is 19.4. The highest BCUT2D eigenvalue weighted by molar-refractivity contribution is 5.97. The first-order chi connectivity index (χ1) is 16.9. The molecule has 2 aromatic heterocycles. The SMILES string of the molecule is Cc1ccc(-c2cc(C(F)(F)F)c3c(N)ncnn23)cc1C(=O)N[C@@H]1CN(C(=O)CC(C)C)C[C@@H]1F. The van der Waals surface area contributed by atoms with E-state index >= 15 is 0 Å². The maximum absolute atomic E-state index is 14.6. The molecule has 12 heteroatoms. The molecule has 192 valence electrons. The molecule has 3 aromatic rings. The lowest BCUT2D eigenvalue weighted by atomic mass is 10.0. The predicted molar refractivity (Wildman–Crippen MR) is 125 cm³/mol. The maximum atomic E-state index is 14.6. The quantitative estimate of drug-likeness (QED) is 0.514. The van der Waals surface area contributed by atoms with Gasteiger partial charge in [-0.1, -0.05) is 26.0 Å². The molecular formula is C24H26F4N6O2. The van der Waals surface area contributed by atoms with Crippen molar-refractivity contribution in [2.45, 2.75) is 45.6 Å². The fourth-order valence-corrected chi connectivity index (χ4v) is 4.34. The second-order valence-corrected chi connectivity index (χ2v) is 9.37. The molecule has 36 heavy (non-hydrogen) atoms. The molecule has 0 bridgehead atoms. The van der Waals surface area contributed by atoms with Crippen LogP contribution in [0.15, 0.2) is 30.6 Å². The van der Waals surface area contributed by atoms with Gasteiger partial charge in [-0.25, -0.2) is 13.9 Å². The summed E-state index contributed by atoms with van der Waals surface area (Å²) in [6.45, 7) is 5.39. The van der Waals surface area contributed by atoms with E-state index in [-0.39, 0.29) is 59.5 Å². The standard InChI is InChI=1S/C24H26F4N6O2/c1-12(2)6-20(35)33-9-17(25)18(10-33)32-23(36)15-7-14(5-4-13(15)3)19-8-16(24(26,27)28)21-22(29)30-11-31-34(19)21/h4-5,7-8,11-12,17-18H,6,9-10H2,1-3H3,(H,32,36)(H2,29,30,31)/t17-,18+/m0/s1. The van der Waals surface area contributed by atoms with Crippen molar-refractivity contribution in [3.63, 3.8) is 0 Å². The van der Waals surface area contributed by atoms with Crippen LogP contribution >= 0.6 is 0 Å². The minimum atomic E-state index is -4.70. The molecule has 0 saturated carbocycles. The zero-order valence-corrected chi connectivity index (χ0v) is 19.9. The summed E-state index contributed by atoms with van der Waals surface area (Å²) in [5.74, 6) is -0.978. The van der Waals surface area contributed by atoms with Gasteiger partial charge in [0.25, 0.3) is 5.91 Å². The normalized spacial score (nSPS) is 18.3. The predicted octanol–water partition coefficient (Wildman–Crippen LogP) is 3.63. The highest BCUT2D eigenvalue weighted by Crippen LogP contribution is 2.38. The van der Waals surface area contributed by atoms with E-state index in [1.54, 1.807) is 19.1 Å². The molecule has 1 aliphatic rings. The zero-order chi connectivity index (χ0) is 26.4. The van der Waals surface area contributed by atoms with E-state index in [1.807, 2.05) is 13.8 Å². The smallest absolute Gasteiger partial charge is 0.382 e. The Balaban J connectivity index is 1.63.